The molecular formula is C21H17F5NO2P. The molecule has 9 heteroatoms. The first-order chi connectivity index (χ1) is 14.3. The summed E-state index contributed by atoms with van der Waals surface area (Å²) in [5.74, 6) is -12.5. The molecule has 158 valence electrons. The molecule has 0 fully saturated rings. The molecule has 0 saturated carbocycles. The Hall–Kier alpha value is -2.70. The van der Waals surface area contributed by atoms with Gasteiger partial charge in [0.25, 0.3) is 7.37 Å². The molecule has 3 aromatic carbocycles. The van der Waals surface area contributed by atoms with Crippen molar-refractivity contribution in [2.45, 2.75) is 12.7 Å². The van der Waals surface area contributed by atoms with Crippen LogP contribution in [0.3, 0.4) is 0 Å². The highest BCUT2D eigenvalue weighted by Crippen LogP contribution is 2.60. The highest BCUT2D eigenvalue weighted by Gasteiger charge is 2.45. The summed E-state index contributed by atoms with van der Waals surface area (Å²) in [6.45, 7) is 1.11. The van der Waals surface area contributed by atoms with Gasteiger partial charge in [-0.15, -0.1) is 0 Å². The Labute approximate surface area is 170 Å². The lowest BCUT2D eigenvalue weighted by Gasteiger charge is -2.30. The van der Waals surface area contributed by atoms with E-state index in [2.05, 4.69) is 5.32 Å². The van der Waals surface area contributed by atoms with E-state index in [-0.39, 0.29) is 12.2 Å². The number of benzene rings is 3. The number of nitrogens with one attached hydrogen (secondary N) is 1. The first kappa shape index (κ1) is 22.0. The van der Waals surface area contributed by atoms with Crippen LogP contribution in [0.5, 0.6) is 0 Å². The molecule has 0 bridgehead atoms. The summed E-state index contributed by atoms with van der Waals surface area (Å²) in [5, 5.41) is 1.39. The third-order valence-electron chi connectivity index (χ3n) is 4.35. The standard InChI is InChI=1S/C21H17F5NO2P/c1-2-29-30(28,20-18(25)16(23)15(22)17(24)19(20)26)21(13-9-5-3-6-10-13)27-14-11-7-4-8-12-14/h3-12,21,27H,2H2,1H3. The van der Waals surface area contributed by atoms with E-state index >= 15 is 0 Å². The van der Waals surface area contributed by atoms with Crippen LogP contribution >= 0.6 is 7.37 Å². The fourth-order valence-corrected chi connectivity index (χ4v) is 5.57. The predicted molar refractivity (Wildman–Crippen MR) is 104 cm³/mol. The van der Waals surface area contributed by atoms with Crippen LogP contribution in [0.15, 0.2) is 60.7 Å². The van der Waals surface area contributed by atoms with Crippen molar-refractivity contribution in [2.24, 2.45) is 0 Å². The second-order valence-electron chi connectivity index (χ2n) is 6.26. The Morgan fingerprint density at radius 3 is 1.77 bits per heavy atom. The maximum absolute atomic E-state index is 14.6. The molecule has 0 radical (unpaired) electrons. The Kier molecular flexibility index (Phi) is 6.58. The monoisotopic (exact) mass is 441 g/mol. The third kappa shape index (κ3) is 3.98. The van der Waals surface area contributed by atoms with Gasteiger partial charge in [-0.05, 0) is 24.6 Å². The quantitative estimate of drug-likeness (QED) is 0.207. The smallest absolute Gasteiger partial charge is 0.264 e. The molecule has 0 saturated heterocycles. The summed E-state index contributed by atoms with van der Waals surface area (Å²) in [7, 11) is -4.73. The SMILES string of the molecule is CCOP(=O)(c1c(F)c(F)c(F)c(F)c1F)C(Nc1ccccc1)c1ccccc1. The highest BCUT2D eigenvalue weighted by molar-refractivity contribution is 7.67. The average molecular weight is 441 g/mol. The molecule has 0 spiro atoms. The number of hydrogen-bond donors (Lipinski definition) is 1. The van der Waals surface area contributed by atoms with Gasteiger partial charge in [-0.3, -0.25) is 4.57 Å². The largest absolute Gasteiger partial charge is 0.370 e. The maximum atomic E-state index is 14.6. The Balaban J connectivity index is 2.29. The third-order valence-corrected chi connectivity index (χ3v) is 7.12. The van der Waals surface area contributed by atoms with Crippen molar-refractivity contribution in [3.05, 3.63) is 95.3 Å². The molecule has 30 heavy (non-hydrogen) atoms. The molecule has 1 N–H and O–H groups in total. The molecule has 0 aliphatic carbocycles. The van der Waals surface area contributed by atoms with Crippen LogP contribution in [0.4, 0.5) is 27.6 Å². The summed E-state index contributed by atoms with van der Waals surface area (Å²) >= 11 is 0. The van der Waals surface area contributed by atoms with Crippen molar-refractivity contribution in [1.82, 2.24) is 0 Å². The maximum Gasteiger partial charge on any atom is 0.264 e. The van der Waals surface area contributed by atoms with Crippen LogP contribution in [0, 0.1) is 29.1 Å². The van der Waals surface area contributed by atoms with Gasteiger partial charge in [-0.2, -0.15) is 0 Å². The van der Waals surface area contributed by atoms with Crippen LogP contribution in [0.2, 0.25) is 0 Å². The Morgan fingerprint density at radius 1 is 0.800 bits per heavy atom. The zero-order chi connectivity index (χ0) is 21.9. The lowest BCUT2D eigenvalue weighted by molar-refractivity contribution is 0.330. The number of anilines is 1. The van der Waals surface area contributed by atoms with Crippen LogP contribution in [0.1, 0.15) is 18.3 Å². The van der Waals surface area contributed by atoms with Crippen LogP contribution < -0.4 is 10.6 Å². The van der Waals surface area contributed by atoms with E-state index in [1.807, 2.05) is 0 Å². The molecule has 3 nitrogen and oxygen atoms in total. The topological polar surface area (TPSA) is 38.3 Å². The summed E-state index contributed by atoms with van der Waals surface area (Å²) in [6, 6.07) is 16.1. The van der Waals surface area contributed by atoms with Crippen molar-refractivity contribution >= 4 is 18.4 Å². The van der Waals surface area contributed by atoms with E-state index < -0.39 is 47.5 Å². The van der Waals surface area contributed by atoms with Crippen molar-refractivity contribution < 1.29 is 31.0 Å². The van der Waals surface area contributed by atoms with Crippen LogP contribution in [0.25, 0.3) is 0 Å². The lowest BCUT2D eigenvalue weighted by Crippen LogP contribution is -2.28. The number of rotatable bonds is 7. The highest BCUT2D eigenvalue weighted by atomic mass is 31.2. The van der Waals surface area contributed by atoms with Gasteiger partial charge < -0.3 is 9.84 Å². The molecular weight excluding hydrogens is 424 g/mol. The number of para-hydroxylation sites is 1. The summed E-state index contributed by atoms with van der Waals surface area (Å²) in [5.41, 5.74) is 0.692. The van der Waals surface area contributed by atoms with Gasteiger partial charge in [0, 0.05) is 5.69 Å². The fraction of sp³-hybridized carbons (Fsp3) is 0.143. The zero-order valence-corrected chi connectivity index (χ0v) is 16.6. The molecule has 3 rings (SSSR count). The normalized spacial score (nSPS) is 14.2. The molecule has 0 amide bonds. The molecule has 0 heterocycles. The van der Waals surface area contributed by atoms with Crippen molar-refractivity contribution in [3.63, 3.8) is 0 Å². The van der Waals surface area contributed by atoms with E-state index in [4.69, 9.17) is 4.52 Å². The van der Waals surface area contributed by atoms with Gasteiger partial charge in [0.1, 0.15) is 11.1 Å². The minimum absolute atomic E-state index is 0.280. The number of hydrogen-bond acceptors (Lipinski definition) is 3. The molecule has 0 aromatic heterocycles. The minimum Gasteiger partial charge on any atom is -0.370 e. The minimum atomic E-state index is -4.73. The number of halogens is 5. The second-order valence-corrected chi connectivity index (χ2v) is 8.67. The van der Waals surface area contributed by atoms with Crippen molar-refractivity contribution in [1.29, 1.82) is 0 Å². The molecule has 2 unspecified atom stereocenters. The first-order valence-corrected chi connectivity index (χ1v) is 10.6. The van der Waals surface area contributed by atoms with E-state index in [0.29, 0.717) is 5.69 Å². The Bertz CT molecular complexity index is 1050. The average Bonchev–Trinajstić information content (AvgIpc) is 2.76. The zero-order valence-electron chi connectivity index (χ0n) is 15.7. The molecule has 0 aliphatic heterocycles. The van der Waals surface area contributed by atoms with Gasteiger partial charge in [0.15, 0.2) is 23.3 Å². The molecule has 3 aromatic rings. The van der Waals surface area contributed by atoms with E-state index in [1.54, 1.807) is 48.5 Å². The van der Waals surface area contributed by atoms with Crippen molar-refractivity contribution in [3.8, 4) is 0 Å². The first-order valence-electron chi connectivity index (χ1n) is 8.94. The molecule has 0 aliphatic rings. The van der Waals surface area contributed by atoms with E-state index in [1.165, 1.54) is 19.1 Å². The van der Waals surface area contributed by atoms with Crippen LogP contribution in [-0.4, -0.2) is 6.61 Å². The van der Waals surface area contributed by atoms with Gasteiger partial charge in [0.05, 0.1) is 6.61 Å². The van der Waals surface area contributed by atoms with Gasteiger partial charge >= 0.3 is 0 Å². The fourth-order valence-electron chi connectivity index (χ4n) is 3.02. The van der Waals surface area contributed by atoms with Crippen LogP contribution in [-0.2, 0) is 9.09 Å². The van der Waals surface area contributed by atoms with Gasteiger partial charge in [-0.1, -0.05) is 48.5 Å². The lowest BCUT2D eigenvalue weighted by atomic mass is 10.2. The Morgan fingerprint density at radius 2 is 1.27 bits per heavy atom. The van der Waals surface area contributed by atoms with Gasteiger partial charge in [-0.25, -0.2) is 22.0 Å². The predicted octanol–water partition coefficient (Wildman–Crippen LogP) is 6.13. The van der Waals surface area contributed by atoms with Gasteiger partial charge in [0.2, 0.25) is 5.82 Å². The summed E-state index contributed by atoms with van der Waals surface area (Å²) < 4.78 is 89.9. The second kappa shape index (κ2) is 8.98. The molecule has 2 atom stereocenters. The summed E-state index contributed by atoms with van der Waals surface area (Å²) in [4.78, 5) is 0. The van der Waals surface area contributed by atoms with Crippen molar-refractivity contribution in [2.75, 3.05) is 11.9 Å². The van der Waals surface area contributed by atoms with E-state index in [9.17, 15) is 26.5 Å². The van der Waals surface area contributed by atoms with E-state index in [0.717, 1.165) is 0 Å². The summed E-state index contributed by atoms with van der Waals surface area (Å²) in [6.07, 6.45) is 0.